The minimum Gasteiger partial charge on any atom is -0.481 e. The van der Waals surface area contributed by atoms with Crippen molar-refractivity contribution in [1.29, 1.82) is 0 Å². The molecule has 1 aliphatic rings. The summed E-state index contributed by atoms with van der Waals surface area (Å²) in [7, 11) is 0. The van der Waals surface area contributed by atoms with Gasteiger partial charge in [-0.05, 0) is 67.5 Å². The Morgan fingerprint density at radius 2 is 1.00 bits per heavy atom. The highest BCUT2D eigenvalue weighted by Crippen LogP contribution is 2.22. The summed E-state index contributed by atoms with van der Waals surface area (Å²) in [6.07, 6.45) is 0.350. The number of benzene rings is 2. The van der Waals surface area contributed by atoms with Crippen LogP contribution in [0.3, 0.4) is 0 Å². The Morgan fingerprint density at radius 1 is 0.534 bits per heavy atom. The van der Waals surface area contributed by atoms with E-state index in [2.05, 4.69) is 56.4 Å². The Morgan fingerprint density at radius 3 is 1.50 bits per heavy atom. The van der Waals surface area contributed by atoms with Crippen molar-refractivity contribution in [3.8, 4) is 0 Å². The average Bonchev–Trinajstić information content (AvgIpc) is 4.03. The van der Waals surface area contributed by atoms with Crippen molar-refractivity contribution >= 4 is 65.1 Å². The van der Waals surface area contributed by atoms with Crippen molar-refractivity contribution in [3.05, 3.63) is 71.8 Å². The first kappa shape index (κ1) is 74.7. The number of aliphatic hydroxyl groups is 4. The van der Waals surface area contributed by atoms with Gasteiger partial charge in [0.05, 0.1) is 38.3 Å². The number of nitrogens with one attached hydrogen (secondary N) is 8. The van der Waals surface area contributed by atoms with Crippen molar-refractivity contribution in [2.75, 3.05) is 26.3 Å². The molecule has 1 fully saturated rings. The topological polar surface area (TPSA) is 435 Å². The van der Waals surface area contributed by atoms with Crippen LogP contribution in [0.15, 0.2) is 60.7 Å². The predicted molar refractivity (Wildman–Crippen MR) is 322 cm³/mol. The molecule has 1 aliphatic heterocycles. The van der Waals surface area contributed by atoms with Crippen LogP contribution in [0, 0.1) is 17.8 Å². The third-order valence-electron chi connectivity index (χ3n) is 14.7. The van der Waals surface area contributed by atoms with E-state index >= 15 is 0 Å². The van der Waals surface area contributed by atoms with Gasteiger partial charge in [0.2, 0.25) is 53.2 Å². The zero-order chi connectivity index (χ0) is 65.6. The zero-order valence-corrected chi connectivity index (χ0v) is 51.3. The third kappa shape index (κ3) is 26.4. The fourth-order valence-electron chi connectivity index (χ4n) is 9.90. The van der Waals surface area contributed by atoms with Gasteiger partial charge in [-0.25, -0.2) is 4.79 Å². The summed E-state index contributed by atoms with van der Waals surface area (Å²) in [6.45, 7) is 8.57. The molecule has 27 nitrogen and oxygen atoms in total. The molecule has 16 N–H and O–H groups in total. The Labute approximate surface area is 513 Å². The van der Waals surface area contributed by atoms with Crippen LogP contribution >= 0.6 is 0 Å². The van der Waals surface area contributed by atoms with Crippen molar-refractivity contribution in [1.82, 2.24) is 47.4 Å². The number of hydrogen-bond donors (Lipinski definition) is 15. The zero-order valence-electron chi connectivity index (χ0n) is 51.3. The number of carboxylic acids is 2. The number of carbonyl (C=O) groups excluding carboxylic acids is 9. The molecule has 3 rings (SSSR count). The van der Waals surface area contributed by atoms with Gasteiger partial charge >= 0.3 is 11.9 Å². The largest absolute Gasteiger partial charge is 0.481 e. The first-order valence-electron chi connectivity index (χ1n) is 30.2. The maximum absolute atomic E-state index is 14.4. The third-order valence-corrected chi connectivity index (χ3v) is 14.7. The highest BCUT2D eigenvalue weighted by atomic mass is 16.4. The second-order valence-electron chi connectivity index (χ2n) is 23.6. The summed E-state index contributed by atoms with van der Waals surface area (Å²) in [5.41, 5.74) is 6.69. The van der Waals surface area contributed by atoms with E-state index in [0.29, 0.717) is 49.3 Å². The monoisotopic (exact) mass is 1240 g/mol. The average molecular weight is 1240 g/mol. The van der Waals surface area contributed by atoms with Gasteiger partial charge in [-0.2, -0.15) is 0 Å². The van der Waals surface area contributed by atoms with Crippen LogP contribution in [0.5, 0.6) is 0 Å². The predicted octanol–water partition coefficient (Wildman–Crippen LogP) is -0.956. The lowest BCUT2D eigenvalue weighted by molar-refractivity contribution is -0.144. The van der Waals surface area contributed by atoms with Gasteiger partial charge in [-0.1, -0.05) is 128 Å². The van der Waals surface area contributed by atoms with E-state index in [4.69, 9.17) is 5.73 Å². The summed E-state index contributed by atoms with van der Waals surface area (Å²) in [4.78, 5) is 150. The number of aliphatic hydroxyl groups excluding tert-OH is 4. The molecule has 0 aromatic heterocycles. The van der Waals surface area contributed by atoms with E-state index in [9.17, 15) is 83.4 Å². The summed E-state index contributed by atoms with van der Waals surface area (Å²) in [5.74, 6) is -11.9. The maximum atomic E-state index is 14.4. The lowest BCUT2D eigenvalue weighted by Gasteiger charge is -2.32. The fourth-order valence-corrected chi connectivity index (χ4v) is 9.90. The minimum atomic E-state index is -1.79. The molecule has 27 heteroatoms. The number of carbonyl (C=O) groups is 11. The molecule has 0 spiro atoms. The van der Waals surface area contributed by atoms with Gasteiger partial charge in [0.25, 0.3) is 0 Å². The van der Waals surface area contributed by atoms with Crippen LogP contribution in [0.2, 0.25) is 0 Å². The molecule has 0 aliphatic carbocycles. The molecule has 0 saturated carbocycles. The fraction of sp³-hybridized carbons (Fsp3) is 0.623. The van der Waals surface area contributed by atoms with Crippen molar-refractivity contribution in [2.45, 2.75) is 198 Å². The molecule has 490 valence electrons. The second-order valence-corrected chi connectivity index (χ2v) is 23.6. The maximum Gasteiger partial charge on any atom is 0.326 e. The van der Waals surface area contributed by atoms with Gasteiger partial charge in [-0.15, -0.1) is 0 Å². The van der Waals surface area contributed by atoms with Crippen LogP contribution in [-0.2, 0) is 65.6 Å². The lowest BCUT2D eigenvalue weighted by Crippen LogP contribution is -2.62. The number of likely N-dealkylation sites (tertiary alicyclic amines) is 1. The number of hydrogen-bond acceptors (Lipinski definition) is 16. The van der Waals surface area contributed by atoms with Gasteiger partial charge in [-0.3, -0.25) is 47.9 Å². The molecule has 1 saturated heterocycles. The van der Waals surface area contributed by atoms with E-state index in [1.54, 1.807) is 74.5 Å². The van der Waals surface area contributed by atoms with E-state index in [1.807, 2.05) is 0 Å². The van der Waals surface area contributed by atoms with Crippen LogP contribution in [-0.4, -0.2) is 194 Å². The second kappa shape index (κ2) is 38.6. The number of rotatable bonds is 40. The quantitative estimate of drug-likeness (QED) is 0.0358. The molecule has 0 radical (unpaired) electrons. The first-order chi connectivity index (χ1) is 41.7. The van der Waals surface area contributed by atoms with Crippen LogP contribution in [0.4, 0.5) is 0 Å². The summed E-state index contributed by atoms with van der Waals surface area (Å²) in [5, 5.41) is 81.6. The first-order valence-corrected chi connectivity index (χ1v) is 30.2. The lowest BCUT2D eigenvalue weighted by atomic mass is 10.00. The standard InChI is InChI=1S/C61H94N10O17/c1-35(2)18-10-7-15-23-40(74)30-50(76)63-46(31-51(77)78)56(82)67-45(28-39-21-13-9-14-22-39)55(81)68-48(34-73)58(84)70-52(37(5)6)60(86)71-32-41(75)29-49(71)59(85)69-47(33-72)57(83)65-43(26-36(3)4)53(79)66-44(27-38-19-11-8-12-20-38)54(80)64-42(61(87)88)24-16-17-25-62/h8-9,11-14,19-22,35-37,40-49,52,72-75H,7,10,15-18,23-34,62H2,1-6H3,(H,63,76)(H,64,80)(H,65,83)(H,66,79)(H,67,82)(H,68,81)(H,69,85)(H,70,84)(H,77,78)(H,87,88)/t40?,41-,42+,43-,44?,45?,46-,47+,48+,49+,52-/m1/s1. The normalized spacial score (nSPS) is 17.0. The minimum absolute atomic E-state index is 0.00663. The highest BCUT2D eigenvalue weighted by Gasteiger charge is 2.44. The van der Waals surface area contributed by atoms with E-state index in [0.717, 1.165) is 24.2 Å². The Kier molecular flexibility index (Phi) is 32.8. The molecule has 2 aromatic rings. The van der Waals surface area contributed by atoms with Gasteiger partial charge in [0, 0.05) is 25.8 Å². The van der Waals surface area contributed by atoms with E-state index in [-0.39, 0.29) is 38.0 Å². The molecule has 88 heavy (non-hydrogen) atoms. The van der Waals surface area contributed by atoms with Gasteiger partial charge in [0.1, 0.15) is 54.4 Å². The van der Waals surface area contributed by atoms with Crippen LogP contribution in [0.25, 0.3) is 0 Å². The molecular formula is C61H94N10O17. The molecule has 3 unspecified atom stereocenters. The molecule has 0 bridgehead atoms. The molecule has 1 heterocycles. The summed E-state index contributed by atoms with van der Waals surface area (Å²) < 4.78 is 0. The summed E-state index contributed by atoms with van der Waals surface area (Å²) in [6, 6.07) is 3.02. The Hall–Kier alpha value is -7.59. The Bertz CT molecular complexity index is 2600. The Balaban J connectivity index is 1.78. The van der Waals surface area contributed by atoms with Crippen molar-refractivity contribution < 1.29 is 83.4 Å². The SMILES string of the molecule is CC(C)CCCCCC(O)CC(=O)N[C@H](CC(=O)O)C(=O)NC(Cc1ccccc1)C(=O)N[C@@H](CO)C(=O)N[C@@H](C(=O)N1C[C@H](O)C[C@H]1C(=O)N[C@@H](CO)C(=O)N[C@H](CC(C)C)C(=O)NC(Cc1ccccc1)C(=O)N[C@@H](CCCCN)C(=O)O)C(C)C. The molecule has 11 atom stereocenters. The molecule has 9 amide bonds. The molecule has 2 aromatic carbocycles. The van der Waals surface area contributed by atoms with Crippen LogP contribution < -0.4 is 48.3 Å². The van der Waals surface area contributed by atoms with Crippen LogP contribution in [0.1, 0.15) is 130 Å². The van der Waals surface area contributed by atoms with E-state index in [1.165, 1.54) is 13.8 Å². The number of amides is 9. The highest BCUT2D eigenvalue weighted by molar-refractivity contribution is 5.99. The van der Waals surface area contributed by atoms with Crippen molar-refractivity contribution in [2.24, 2.45) is 23.5 Å². The molecular weight excluding hydrogens is 1140 g/mol. The number of unbranched alkanes of at least 4 members (excludes halogenated alkanes) is 3. The summed E-state index contributed by atoms with van der Waals surface area (Å²) >= 11 is 0. The van der Waals surface area contributed by atoms with Crippen molar-refractivity contribution in [3.63, 3.8) is 0 Å². The van der Waals surface area contributed by atoms with Gasteiger partial charge in [0.15, 0.2) is 0 Å². The number of carboxylic acid groups (broad SMARTS) is 2. The van der Waals surface area contributed by atoms with Gasteiger partial charge < -0.3 is 83.8 Å². The van der Waals surface area contributed by atoms with E-state index < -0.39 is 170 Å². The number of aliphatic carboxylic acids is 2. The number of β-amino-alcohol motifs (C(OH)–C–C–N with tert-alkyl or cyclic N) is 1. The number of nitrogens with zero attached hydrogens (tertiary/aromatic N) is 1. The smallest absolute Gasteiger partial charge is 0.326 e. The number of nitrogens with two attached hydrogens (primary N) is 1.